The van der Waals surface area contributed by atoms with Gasteiger partial charge in [0, 0.05) is 19.6 Å². The van der Waals surface area contributed by atoms with Crippen LogP contribution >= 0.6 is 0 Å². The van der Waals surface area contributed by atoms with Crippen molar-refractivity contribution in [3.8, 4) is 0 Å². The predicted octanol–water partition coefficient (Wildman–Crippen LogP) is 2.60. The second-order valence-corrected chi connectivity index (χ2v) is 6.17. The van der Waals surface area contributed by atoms with E-state index in [0.29, 0.717) is 0 Å². The van der Waals surface area contributed by atoms with Crippen molar-refractivity contribution < 1.29 is 0 Å². The van der Waals surface area contributed by atoms with Crippen LogP contribution in [0.5, 0.6) is 0 Å². The second-order valence-electron chi connectivity index (χ2n) is 6.17. The smallest absolute Gasteiger partial charge is 0.191 e. The number of nitrogens with zero attached hydrogens (tertiary/aromatic N) is 2. The van der Waals surface area contributed by atoms with Crippen LogP contribution in [0.3, 0.4) is 0 Å². The third kappa shape index (κ3) is 6.06. The summed E-state index contributed by atoms with van der Waals surface area (Å²) in [6.07, 6.45) is 2.72. The number of nitrogens with one attached hydrogen (secondary N) is 2. The summed E-state index contributed by atoms with van der Waals surface area (Å²) in [7, 11) is 2.15. The fraction of sp³-hybridized carbons (Fsp3) is 0.611. The lowest BCUT2D eigenvalue weighted by atomic mass is 10.1. The van der Waals surface area contributed by atoms with E-state index in [1.807, 2.05) is 0 Å². The van der Waals surface area contributed by atoms with Crippen LogP contribution in [0.15, 0.2) is 29.3 Å². The minimum atomic E-state index is 0.726. The van der Waals surface area contributed by atoms with Gasteiger partial charge in [-0.15, -0.1) is 0 Å². The highest BCUT2D eigenvalue weighted by molar-refractivity contribution is 5.79. The molecule has 22 heavy (non-hydrogen) atoms. The summed E-state index contributed by atoms with van der Waals surface area (Å²) in [5.41, 5.74) is 2.62. The van der Waals surface area contributed by atoms with Crippen molar-refractivity contribution in [3.63, 3.8) is 0 Å². The molecule has 0 radical (unpaired) electrons. The van der Waals surface area contributed by atoms with Gasteiger partial charge in [-0.3, -0.25) is 0 Å². The fourth-order valence-electron chi connectivity index (χ4n) is 2.32. The number of hydrogen-bond donors (Lipinski definition) is 2. The molecule has 1 fully saturated rings. The summed E-state index contributed by atoms with van der Waals surface area (Å²) < 4.78 is 0. The van der Waals surface area contributed by atoms with Crippen LogP contribution in [-0.2, 0) is 13.1 Å². The van der Waals surface area contributed by atoms with Crippen LogP contribution in [0.4, 0.5) is 0 Å². The van der Waals surface area contributed by atoms with Gasteiger partial charge in [-0.25, -0.2) is 4.99 Å². The minimum Gasteiger partial charge on any atom is -0.357 e. The van der Waals surface area contributed by atoms with E-state index in [0.717, 1.165) is 44.6 Å². The summed E-state index contributed by atoms with van der Waals surface area (Å²) in [5.74, 6) is 1.79. The average Bonchev–Trinajstić information content (AvgIpc) is 3.34. The van der Waals surface area contributed by atoms with Gasteiger partial charge in [0.05, 0.1) is 6.54 Å². The number of hydrogen-bond acceptors (Lipinski definition) is 2. The van der Waals surface area contributed by atoms with E-state index in [4.69, 9.17) is 4.99 Å². The number of guanidine groups is 1. The SMILES string of the molecule is CCNC(=NCc1cccc(CN(C)CC)c1)NCC1CC1. The van der Waals surface area contributed by atoms with E-state index in [1.165, 1.54) is 24.0 Å². The molecule has 0 heterocycles. The topological polar surface area (TPSA) is 39.7 Å². The Morgan fingerprint density at radius 3 is 2.68 bits per heavy atom. The van der Waals surface area contributed by atoms with Gasteiger partial charge in [0.15, 0.2) is 5.96 Å². The lowest BCUT2D eigenvalue weighted by molar-refractivity contribution is 0.345. The van der Waals surface area contributed by atoms with Crippen molar-refractivity contribution in [2.24, 2.45) is 10.9 Å². The Labute approximate surface area is 135 Å². The molecule has 0 unspecified atom stereocenters. The zero-order valence-corrected chi connectivity index (χ0v) is 14.2. The van der Waals surface area contributed by atoms with E-state index in [1.54, 1.807) is 0 Å². The van der Waals surface area contributed by atoms with Crippen LogP contribution in [0.1, 0.15) is 37.8 Å². The quantitative estimate of drug-likeness (QED) is 0.573. The summed E-state index contributed by atoms with van der Waals surface area (Å²) in [6, 6.07) is 8.74. The number of benzene rings is 1. The zero-order chi connectivity index (χ0) is 15.8. The fourth-order valence-corrected chi connectivity index (χ4v) is 2.32. The first-order valence-electron chi connectivity index (χ1n) is 8.49. The maximum atomic E-state index is 4.70. The molecule has 1 aliphatic carbocycles. The van der Waals surface area contributed by atoms with Crippen molar-refractivity contribution in [2.45, 2.75) is 39.8 Å². The van der Waals surface area contributed by atoms with Gasteiger partial charge in [0.2, 0.25) is 0 Å². The molecule has 1 aliphatic rings. The summed E-state index contributed by atoms with van der Waals surface area (Å²) in [4.78, 5) is 7.01. The third-order valence-corrected chi connectivity index (χ3v) is 4.00. The molecular weight excluding hydrogens is 272 g/mol. The maximum Gasteiger partial charge on any atom is 0.191 e. The Balaban J connectivity index is 1.91. The summed E-state index contributed by atoms with van der Waals surface area (Å²) in [5, 5.41) is 6.76. The molecule has 0 amide bonds. The molecule has 4 heteroatoms. The van der Waals surface area contributed by atoms with Gasteiger partial charge in [0.25, 0.3) is 0 Å². The summed E-state index contributed by atoms with van der Waals surface area (Å²) >= 11 is 0. The first-order chi connectivity index (χ1) is 10.7. The molecule has 0 bridgehead atoms. The first kappa shape index (κ1) is 16.8. The molecule has 2 rings (SSSR count). The van der Waals surface area contributed by atoms with Crippen molar-refractivity contribution in [2.75, 3.05) is 26.7 Å². The molecule has 1 aromatic rings. The normalized spacial score (nSPS) is 15.2. The van der Waals surface area contributed by atoms with Crippen molar-refractivity contribution >= 4 is 5.96 Å². The average molecular weight is 302 g/mol. The van der Waals surface area contributed by atoms with Crippen LogP contribution < -0.4 is 10.6 Å². The first-order valence-corrected chi connectivity index (χ1v) is 8.49. The van der Waals surface area contributed by atoms with Crippen LogP contribution in [0, 0.1) is 5.92 Å². The standard InChI is InChI=1S/C18H30N4/c1-4-19-18(20-12-15-9-10-15)21-13-16-7-6-8-17(11-16)14-22(3)5-2/h6-8,11,15H,4-5,9-10,12-14H2,1-3H3,(H2,19,20,21). The van der Waals surface area contributed by atoms with Crippen molar-refractivity contribution in [1.29, 1.82) is 0 Å². The molecule has 0 saturated heterocycles. The molecular formula is C18H30N4. The number of rotatable bonds is 8. The molecule has 4 nitrogen and oxygen atoms in total. The van der Waals surface area contributed by atoms with Gasteiger partial charge >= 0.3 is 0 Å². The van der Waals surface area contributed by atoms with Gasteiger partial charge in [-0.05, 0) is 50.4 Å². The Bertz CT molecular complexity index is 480. The van der Waals surface area contributed by atoms with Gasteiger partial charge in [-0.1, -0.05) is 31.2 Å². The Hall–Kier alpha value is -1.55. The van der Waals surface area contributed by atoms with Crippen LogP contribution in [0.25, 0.3) is 0 Å². The molecule has 0 atom stereocenters. The molecule has 2 N–H and O–H groups in total. The molecule has 0 spiro atoms. The van der Waals surface area contributed by atoms with E-state index < -0.39 is 0 Å². The van der Waals surface area contributed by atoms with Crippen molar-refractivity contribution in [3.05, 3.63) is 35.4 Å². The minimum absolute atomic E-state index is 0.726. The molecule has 0 aliphatic heterocycles. The molecule has 1 aromatic carbocycles. The second kappa shape index (κ2) is 8.79. The highest BCUT2D eigenvalue weighted by atomic mass is 15.2. The zero-order valence-electron chi connectivity index (χ0n) is 14.2. The van der Waals surface area contributed by atoms with Crippen LogP contribution in [-0.4, -0.2) is 37.5 Å². The van der Waals surface area contributed by atoms with Gasteiger partial charge < -0.3 is 15.5 Å². The van der Waals surface area contributed by atoms with Gasteiger partial charge in [-0.2, -0.15) is 0 Å². The monoisotopic (exact) mass is 302 g/mol. The van der Waals surface area contributed by atoms with Gasteiger partial charge in [0.1, 0.15) is 0 Å². The highest BCUT2D eigenvalue weighted by Crippen LogP contribution is 2.27. The molecule has 1 saturated carbocycles. The number of aliphatic imine (C=N–C) groups is 1. The Morgan fingerprint density at radius 1 is 1.23 bits per heavy atom. The van der Waals surface area contributed by atoms with E-state index >= 15 is 0 Å². The van der Waals surface area contributed by atoms with E-state index in [-0.39, 0.29) is 0 Å². The van der Waals surface area contributed by atoms with Crippen LogP contribution in [0.2, 0.25) is 0 Å². The lowest BCUT2D eigenvalue weighted by Crippen LogP contribution is -2.38. The Morgan fingerprint density at radius 2 is 2.00 bits per heavy atom. The Kier molecular flexibility index (Phi) is 6.72. The lowest BCUT2D eigenvalue weighted by Gasteiger charge is -2.14. The summed E-state index contributed by atoms with van der Waals surface area (Å²) in [6.45, 7) is 9.03. The highest BCUT2D eigenvalue weighted by Gasteiger charge is 2.20. The third-order valence-electron chi connectivity index (χ3n) is 4.00. The largest absolute Gasteiger partial charge is 0.357 e. The van der Waals surface area contributed by atoms with E-state index in [2.05, 4.69) is 60.7 Å². The molecule has 0 aromatic heterocycles. The van der Waals surface area contributed by atoms with E-state index in [9.17, 15) is 0 Å². The predicted molar refractivity (Wildman–Crippen MR) is 94.0 cm³/mol. The van der Waals surface area contributed by atoms with Crippen molar-refractivity contribution in [1.82, 2.24) is 15.5 Å². The maximum absolute atomic E-state index is 4.70. The molecule has 122 valence electrons.